The van der Waals surface area contributed by atoms with Crippen molar-refractivity contribution in [3.63, 3.8) is 0 Å². The number of nitrogens with one attached hydrogen (secondary N) is 1. The highest BCUT2D eigenvalue weighted by molar-refractivity contribution is 7.83. The molecule has 3 aromatic rings. The van der Waals surface area contributed by atoms with Crippen LogP contribution in [-0.4, -0.2) is 59.5 Å². The van der Waals surface area contributed by atoms with Gasteiger partial charge < -0.3 is 19.3 Å². The second-order valence-corrected chi connectivity index (χ2v) is 9.88. The minimum absolute atomic E-state index is 0.180. The van der Waals surface area contributed by atoms with Crippen LogP contribution >= 0.6 is 0 Å². The van der Waals surface area contributed by atoms with Crippen LogP contribution in [0.15, 0.2) is 45.7 Å². The third kappa shape index (κ3) is 4.76. The normalized spacial score (nSPS) is 17.5. The first-order valence-corrected chi connectivity index (χ1v) is 11.8. The van der Waals surface area contributed by atoms with Gasteiger partial charge in [0.1, 0.15) is 28.2 Å². The summed E-state index contributed by atoms with van der Waals surface area (Å²) < 4.78 is 21.6. The van der Waals surface area contributed by atoms with Crippen LogP contribution in [0.4, 0.5) is 5.69 Å². The molecule has 2 N–H and O–H groups in total. The molecule has 7 nitrogen and oxygen atoms in total. The summed E-state index contributed by atoms with van der Waals surface area (Å²) in [4.78, 5) is 16.8. The molecule has 166 valence electrons. The summed E-state index contributed by atoms with van der Waals surface area (Å²) in [6.45, 7) is 7.90. The van der Waals surface area contributed by atoms with Crippen molar-refractivity contribution in [2.75, 3.05) is 38.1 Å². The van der Waals surface area contributed by atoms with E-state index in [2.05, 4.69) is 33.7 Å². The SMILES string of the molecule is CC(C)CC(NS(=O)c1ccc2oc3ccc(N4CCN(C)CC4)cc3c2c1)C(=O)O. The van der Waals surface area contributed by atoms with E-state index >= 15 is 0 Å². The van der Waals surface area contributed by atoms with Gasteiger partial charge in [-0.05, 0) is 55.8 Å². The molecule has 1 aliphatic rings. The van der Waals surface area contributed by atoms with Crippen LogP contribution in [-0.2, 0) is 15.8 Å². The smallest absolute Gasteiger partial charge is 0.321 e. The Hall–Kier alpha value is -2.42. The zero-order valence-electron chi connectivity index (χ0n) is 18.1. The largest absolute Gasteiger partial charge is 0.480 e. The van der Waals surface area contributed by atoms with Crippen molar-refractivity contribution < 1.29 is 18.5 Å². The van der Waals surface area contributed by atoms with Crippen LogP contribution in [0, 0.1) is 5.92 Å². The molecule has 8 heteroatoms. The zero-order chi connectivity index (χ0) is 22.1. The highest BCUT2D eigenvalue weighted by Crippen LogP contribution is 2.33. The van der Waals surface area contributed by atoms with Crippen LogP contribution in [0.2, 0.25) is 0 Å². The van der Waals surface area contributed by atoms with Crippen LogP contribution in [0.5, 0.6) is 0 Å². The van der Waals surface area contributed by atoms with Gasteiger partial charge >= 0.3 is 5.97 Å². The Labute approximate surface area is 184 Å². The van der Waals surface area contributed by atoms with Gasteiger partial charge in [0, 0.05) is 42.6 Å². The highest BCUT2D eigenvalue weighted by Gasteiger charge is 2.22. The summed E-state index contributed by atoms with van der Waals surface area (Å²) in [5.41, 5.74) is 2.66. The zero-order valence-corrected chi connectivity index (χ0v) is 18.9. The van der Waals surface area contributed by atoms with Gasteiger partial charge in [-0.2, -0.15) is 0 Å². The summed E-state index contributed by atoms with van der Waals surface area (Å²) in [5, 5.41) is 11.3. The molecule has 0 radical (unpaired) electrons. The van der Waals surface area contributed by atoms with Gasteiger partial charge in [0.2, 0.25) is 0 Å². The monoisotopic (exact) mass is 443 g/mol. The van der Waals surface area contributed by atoms with Gasteiger partial charge in [-0.25, -0.2) is 8.93 Å². The van der Waals surface area contributed by atoms with Crippen molar-refractivity contribution in [2.24, 2.45) is 5.92 Å². The number of piperazine rings is 1. The van der Waals surface area contributed by atoms with E-state index < -0.39 is 23.0 Å². The molecule has 1 saturated heterocycles. The molecular formula is C23H29N3O4S. The summed E-state index contributed by atoms with van der Waals surface area (Å²) in [7, 11) is 0.499. The molecule has 0 bridgehead atoms. The molecule has 2 atom stereocenters. The number of carboxylic acid groups (broad SMARTS) is 1. The number of furan rings is 1. The van der Waals surface area contributed by atoms with Crippen molar-refractivity contribution >= 4 is 44.6 Å². The number of fused-ring (bicyclic) bond motifs is 3. The van der Waals surface area contributed by atoms with E-state index in [1.165, 1.54) is 0 Å². The Bertz CT molecular complexity index is 1120. The number of likely N-dealkylation sites (N-methyl/N-ethyl adjacent to an activating group) is 1. The van der Waals surface area contributed by atoms with Crippen LogP contribution in [0.3, 0.4) is 0 Å². The van der Waals surface area contributed by atoms with Crippen molar-refractivity contribution in [3.05, 3.63) is 36.4 Å². The van der Waals surface area contributed by atoms with E-state index in [0.717, 1.165) is 53.8 Å². The maximum absolute atomic E-state index is 12.9. The summed E-state index contributed by atoms with van der Waals surface area (Å²) >= 11 is 0. The molecule has 1 aromatic heterocycles. The number of hydrogen-bond acceptors (Lipinski definition) is 5. The van der Waals surface area contributed by atoms with Gasteiger partial charge in [-0.1, -0.05) is 13.8 Å². The van der Waals surface area contributed by atoms with E-state index in [-0.39, 0.29) is 5.92 Å². The molecule has 1 aliphatic heterocycles. The quantitative estimate of drug-likeness (QED) is 0.582. The van der Waals surface area contributed by atoms with Crippen LogP contribution < -0.4 is 9.62 Å². The number of hydrogen-bond donors (Lipinski definition) is 2. The fourth-order valence-electron chi connectivity index (χ4n) is 3.99. The fourth-order valence-corrected chi connectivity index (χ4v) is 5.00. The Morgan fingerprint density at radius 1 is 1.10 bits per heavy atom. The lowest BCUT2D eigenvalue weighted by Gasteiger charge is -2.34. The first-order chi connectivity index (χ1) is 14.8. The average molecular weight is 444 g/mol. The standard InChI is InChI=1S/C23H29N3O4S/c1-15(2)12-20(23(27)28)24-31(29)17-5-7-22-19(14-17)18-13-16(4-6-21(18)30-22)26-10-8-25(3)9-11-26/h4-7,13-15,20,24H,8-12H2,1-3H3,(H,27,28). The lowest BCUT2D eigenvalue weighted by Crippen LogP contribution is -2.44. The predicted octanol–water partition coefficient (Wildman–Crippen LogP) is 3.45. The van der Waals surface area contributed by atoms with Crippen molar-refractivity contribution in [2.45, 2.75) is 31.2 Å². The van der Waals surface area contributed by atoms with E-state index in [4.69, 9.17) is 4.42 Å². The number of carbonyl (C=O) groups is 1. The molecule has 0 saturated carbocycles. The third-order valence-electron chi connectivity index (χ3n) is 5.76. The molecule has 4 rings (SSSR count). The summed E-state index contributed by atoms with van der Waals surface area (Å²) in [5.74, 6) is -0.812. The molecule has 0 amide bonds. The van der Waals surface area contributed by atoms with E-state index in [1.54, 1.807) is 12.1 Å². The molecule has 2 heterocycles. The summed E-state index contributed by atoms with van der Waals surface area (Å²) in [6.07, 6.45) is 0.409. The minimum Gasteiger partial charge on any atom is -0.480 e. The topological polar surface area (TPSA) is 86.0 Å². The Kier molecular flexibility index (Phi) is 6.31. The van der Waals surface area contributed by atoms with Gasteiger partial charge in [0.25, 0.3) is 0 Å². The molecule has 0 spiro atoms. The molecule has 31 heavy (non-hydrogen) atoms. The van der Waals surface area contributed by atoms with Gasteiger partial charge in [-0.15, -0.1) is 0 Å². The Morgan fingerprint density at radius 3 is 2.39 bits per heavy atom. The molecule has 0 aliphatic carbocycles. The van der Waals surface area contributed by atoms with Gasteiger partial charge in [0.05, 0.1) is 4.90 Å². The molecule has 1 fully saturated rings. The second kappa shape index (κ2) is 8.98. The third-order valence-corrected chi connectivity index (χ3v) is 6.94. The predicted molar refractivity (Wildman–Crippen MR) is 124 cm³/mol. The van der Waals surface area contributed by atoms with E-state index in [0.29, 0.717) is 11.3 Å². The van der Waals surface area contributed by atoms with Gasteiger partial charge in [-0.3, -0.25) is 4.79 Å². The number of carboxylic acids is 1. The maximum atomic E-state index is 12.9. The number of nitrogens with zero attached hydrogens (tertiary/aromatic N) is 2. The number of rotatable bonds is 7. The van der Waals surface area contributed by atoms with Crippen molar-refractivity contribution in [1.29, 1.82) is 0 Å². The van der Waals surface area contributed by atoms with Crippen molar-refractivity contribution in [1.82, 2.24) is 9.62 Å². The van der Waals surface area contributed by atoms with Crippen LogP contribution in [0.25, 0.3) is 21.9 Å². The second-order valence-electron chi connectivity index (χ2n) is 8.64. The molecule has 2 unspecified atom stereocenters. The average Bonchev–Trinajstić information content (AvgIpc) is 3.10. The number of benzene rings is 2. The highest BCUT2D eigenvalue weighted by atomic mass is 32.2. The van der Waals surface area contributed by atoms with Gasteiger partial charge in [0.15, 0.2) is 0 Å². The number of anilines is 1. The first kappa shape index (κ1) is 21.8. The summed E-state index contributed by atoms with van der Waals surface area (Å²) in [6, 6.07) is 10.7. The van der Waals surface area contributed by atoms with Crippen LogP contribution in [0.1, 0.15) is 20.3 Å². The van der Waals surface area contributed by atoms with E-state index in [9.17, 15) is 14.1 Å². The minimum atomic E-state index is -1.64. The lowest BCUT2D eigenvalue weighted by molar-refractivity contribution is -0.139. The van der Waals surface area contributed by atoms with E-state index in [1.807, 2.05) is 26.0 Å². The number of aliphatic carboxylic acids is 1. The first-order valence-electron chi connectivity index (χ1n) is 10.6. The molecular weight excluding hydrogens is 414 g/mol. The lowest BCUT2D eigenvalue weighted by atomic mass is 10.1. The Morgan fingerprint density at radius 2 is 1.74 bits per heavy atom. The van der Waals surface area contributed by atoms with Crippen molar-refractivity contribution in [3.8, 4) is 0 Å². The molecule has 2 aromatic carbocycles. The maximum Gasteiger partial charge on any atom is 0.321 e. The fraction of sp³-hybridized carbons (Fsp3) is 0.435. The Balaban J connectivity index is 1.64.